The minimum absolute atomic E-state index is 0.100. The molecule has 29 heavy (non-hydrogen) atoms. The molecule has 0 saturated carbocycles. The highest BCUT2D eigenvalue weighted by molar-refractivity contribution is 7.15. The lowest BCUT2D eigenvalue weighted by atomic mass is 9.79. The molecule has 148 valence electrons. The van der Waals surface area contributed by atoms with E-state index in [0.717, 1.165) is 5.56 Å². The van der Waals surface area contributed by atoms with Crippen LogP contribution in [0.25, 0.3) is 0 Å². The predicted molar refractivity (Wildman–Crippen MR) is 110 cm³/mol. The third-order valence-corrected chi connectivity index (χ3v) is 5.78. The zero-order chi connectivity index (χ0) is 20.4. The van der Waals surface area contributed by atoms with Crippen LogP contribution in [-0.4, -0.2) is 41.1 Å². The fraction of sp³-hybridized carbons (Fsp3) is 0.238. The van der Waals surface area contributed by atoms with Gasteiger partial charge in [0.25, 0.3) is 5.91 Å². The van der Waals surface area contributed by atoms with Gasteiger partial charge < -0.3 is 9.64 Å². The molecule has 2 aromatic carbocycles. The summed E-state index contributed by atoms with van der Waals surface area (Å²) in [4.78, 5) is 28.0. The maximum absolute atomic E-state index is 13.4. The molecule has 4 rings (SSSR count). The van der Waals surface area contributed by atoms with Gasteiger partial charge in [0.15, 0.2) is 0 Å². The summed E-state index contributed by atoms with van der Waals surface area (Å²) < 4.78 is 5.06. The van der Waals surface area contributed by atoms with Crippen LogP contribution in [0.5, 0.6) is 0 Å². The summed E-state index contributed by atoms with van der Waals surface area (Å²) in [6, 6.07) is 16.4. The van der Waals surface area contributed by atoms with Crippen LogP contribution in [0.1, 0.15) is 38.5 Å². The molecule has 0 fully saturated rings. The van der Waals surface area contributed by atoms with Gasteiger partial charge in [-0.25, -0.2) is 0 Å². The molecule has 0 aliphatic carbocycles. The third kappa shape index (κ3) is 3.64. The molecule has 1 N–H and O–H groups in total. The van der Waals surface area contributed by atoms with Crippen molar-refractivity contribution in [3.8, 4) is 0 Å². The molecule has 2 amide bonds. The van der Waals surface area contributed by atoms with E-state index in [0.29, 0.717) is 27.9 Å². The van der Waals surface area contributed by atoms with Crippen molar-refractivity contribution in [3.63, 3.8) is 0 Å². The van der Waals surface area contributed by atoms with Gasteiger partial charge in [-0.1, -0.05) is 59.9 Å². The van der Waals surface area contributed by atoms with Gasteiger partial charge in [-0.2, -0.15) is 0 Å². The van der Waals surface area contributed by atoms with Gasteiger partial charge in [-0.15, -0.1) is 10.2 Å². The van der Waals surface area contributed by atoms with Crippen molar-refractivity contribution in [1.82, 2.24) is 15.1 Å². The minimum atomic E-state index is -0.578. The van der Waals surface area contributed by atoms with Gasteiger partial charge in [0, 0.05) is 19.7 Å². The number of hydrogen-bond acceptors (Lipinski definition) is 6. The Bertz CT molecular complexity index is 1040. The average molecular weight is 408 g/mol. The number of anilines is 1. The lowest BCUT2D eigenvalue weighted by Gasteiger charge is -2.39. The molecule has 2 heterocycles. The van der Waals surface area contributed by atoms with Gasteiger partial charge in [0.2, 0.25) is 11.0 Å². The number of methoxy groups -OCH3 is 1. The molecule has 7 nitrogen and oxygen atoms in total. The van der Waals surface area contributed by atoms with Crippen molar-refractivity contribution >= 4 is 28.3 Å². The fourth-order valence-electron chi connectivity index (χ4n) is 3.69. The second kappa shape index (κ2) is 8.10. The second-order valence-electron chi connectivity index (χ2n) is 6.76. The number of ether oxygens (including phenoxy) is 1. The molecule has 3 aromatic rings. The molecule has 0 unspecified atom stereocenters. The van der Waals surface area contributed by atoms with Gasteiger partial charge in [0.05, 0.1) is 12.0 Å². The predicted octanol–water partition coefficient (Wildman–Crippen LogP) is 3.23. The molecule has 1 aromatic heterocycles. The Morgan fingerprint density at radius 1 is 1.14 bits per heavy atom. The summed E-state index contributed by atoms with van der Waals surface area (Å²) in [6.07, 6.45) is 0. The van der Waals surface area contributed by atoms with E-state index in [-0.39, 0.29) is 11.8 Å². The molecule has 1 aliphatic heterocycles. The first kappa shape index (κ1) is 19.2. The van der Waals surface area contributed by atoms with Crippen LogP contribution < -0.4 is 5.32 Å². The van der Waals surface area contributed by atoms with E-state index in [1.807, 2.05) is 48.5 Å². The molecule has 0 bridgehead atoms. The standard InChI is InChI=1S/C21H20N4O3S/c1-25-18(13-8-4-3-5-9-13)17(14-10-6-7-11-15(14)20(25)27)19(26)22-21-24-23-16(29-21)12-28-2/h3-11,17-18H,12H2,1-2H3,(H,22,24,26)/t17-,18+/m0/s1. The number of nitrogens with one attached hydrogen (secondary N) is 1. The summed E-state index contributed by atoms with van der Waals surface area (Å²) in [5.41, 5.74) is 2.15. The average Bonchev–Trinajstić information content (AvgIpc) is 3.18. The normalized spacial score (nSPS) is 18.4. The number of benzene rings is 2. The van der Waals surface area contributed by atoms with Crippen molar-refractivity contribution in [1.29, 1.82) is 0 Å². The third-order valence-electron chi connectivity index (χ3n) is 4.97. The molecule has 0 saturated heterocycles. The minimum Gasteiger partial charge on any atom is -0.377 e. The summed E-state index contributed by atoms with van der Waals surface area (Å²) >= 11 is 1.27. The van der Waals surface area contributed by atoms with E-state index in [1.165, 1.54) is 11.3 Å². The van der Waals surface area contributed by atoms with Crippen LogP contribution >= 0.6 is 11.3 Å². The molecule has 0 spiro atoms. The van der Waals surface area contributed by atoms with E-state index < -0.39 is 12.0 Å². The summed E-state index contributed by atoms with van der Waals surface area (Å²) in [6.45, 7) is 0.337. The zero-order valence-corrected chi connectivity index (χ0v) is 16.8. The van der Waals surface area contributed by atoms with Crippen LogP contribution in [-0.2, 0) is 16.1 Å². The van der Waals surface area contributed by atoms with Crippen molar-refractivity contribution in [3.05, 3.63) is 76.3 Å². The van der Waals surface area contributed by atoms with Crippen LogP contribution in [0, 0.1) is 0 Å². The monoisotopic (exact) mass is 408 g/mol. The van der Waals surface area contributed by atoms with Crippen molar-refractivity contribution in [2.24, 2.45) is 0 Å². The highest BCUT2D eigenvalue weighted by atomic mass is 32.1. The maximum Gasteiger partial charge on any atom is 0.254 e. The van der Waals surface area contributed by atoms with Crippen LogP contribution in [0.2, 0.25) is 0 Å². The number of hydrogen-bond donors (Lipinski definition) is 1. The van der Waals surface area contributed by atoms with Crippen LogP contribution in [0.3, 0.4) is 0 Å². The van der Waals surface area contributed by atoms with Gasteiger partial charge in [-0.3, -0.25) is 14.9 Å². The molecular formula is C21H20N4O3S. The Morgan fingerprint density at radius 3 is 2.62 bits per heavy atom. The van der Waals surface area contributed by atoms with E-state index in [2.05, 4.69) is 15.5 Å². The quantitative estimate of drug-likeness (QED) is 0.701. The Balaban J connectivity index is 1.74. The number of amides is 2. The van der Waals surface area contributed by atoms with Crippen molar-refractivity contribution in [2.45, 2.75) is 18.6 Å². The molecule has 2 atom stereocenters. The number of aromatic nitrogens is 2. The fourth-order valence-corrected chi connectivity index (χ4v) is 4.41. The highest BCUT2D eigenvalue weighted by Crippen LogP contribution is 2.42. The SMILES string of the molecule is COCc1nnc(NC(=O)[C@H]2c3ccccc3C(=O)N(C)[C@@H]2c2ccccc2)s1. The number of fused-ring (bicyclic) bond motifs is 1. The van der Waals surface area contributed by atoms with Crippen LogP contribution in [0.4, 0.5) is 5.13 Å². The smallest absolute Gasteiger partial charge is 0.254 e. The summed E-state index contributed by atoms with van der Waals surface area (Å²) in [7, 11) is 3.31. The molecule has 8 heteroatoms. The lowest BCUT2D eigenvalue weighted by molar-refractivity contribution is -0.119. The lowest BCUT2D eigenvalue weighted by Crippen LogP contribution is -2.44. The summed E-state index contributed by atoms with van der Waals surface area (Å²) in [5, 5.41) is 12.0. The van der Waals surface area contributed by atoms with Crippen molar-refractivity contribution in [2.75, 3.05) is 19.5 Å². The molecular weight excluding hydrogens is 388 g/mol. The number of likely N-dealkylation sites (N-methyl/N-ethyl adjacent to an activating group) is 1. The first-order valence-electron chi connectivity index (χ1n) is 9.13. The number of carbonyl (C=O) groups is 2. The van der Waals surface area contributed by atoms with Crippen LogP contribution in [0.15, 0.2) is 54.6 Å². The zero-order valence-electron chi connectivity index (χ0n) is 16.0. The van der Waals surface area contributed by atoms with E-state index in [4.69, 9.17) is 4.74 Å². The topological polar surface area (TPSA) is 84.4 Å². The van der Waals surface area contributed by atoms with Gasteiger partial charge in [0.1, 0.15) is 11.6 Å². The second-order valence-corrected chi connectivity index (χ2v) is 7.82. The van der Waals surface area contributed by atoms with Gasteiger partial charge in [-0.05, 0) is 17.2 Å². The largest absolute Gasteiger partial charge is 0.377 e. The Labute approximate surface area is 172 Å². The molecule has 0 radical (unpaired) electrons. The Hall–Kier alpha value is -3.10. The van der Waals surface area contributed by atoms with E-state index >= 15 is 0 Å². The molecule has 1 aliphatic rings. The maximum atomic E-state index is 13.4. The number of carbonyl (C=O) groups excluding carboxylic acids is 2. The Morgan fingerprint density at radius 2 is 1.86 bits per heavy atom. The summed E-state index contributed by atoms with van der Waals surface area (Å²) in [5.74, 6) is -0.909. The number of nitrogens with zero attached hydrogens (tertiary/aromatic N) is 3. The first-order valence-corrected chi connectivity index (χ1v) is 9.95. The highest BCUT2D eigenvalue weighted by Gasteiger charge is 2.42. The van der Waals surface area contributed by atoms with Crippen molar-refractivity contribution < 1.29 is 14.3 Å². The van der Waals surface area contributed by atoms with E-state index in [9.17, 15) is 9.59 Å². The Kier molecular flexibility index (Phi) is 5.37. The van der Waals surface area contributed by atoms with Gasteiger partial charge >= 0.3 is 0 Å². The van der Waals surface area contributed by atoms with E-state index in [1.54, 1.807) is 25.1 Å². The first-order chi connectivity index (χ1) is 14.1. The number of rotatable bonds is 5.